The molecule has 1 atom stereocenters. The van der Waals surface area contributed by atoms with Gasteiger partial charge in [0.25, 0.3) is 0 Å². The van der Waals surface area contributed by atoms with Crippen LogP contribution in [0.15, 0.2) is 42.6 Å². The standard InChI is InChI=1S/C22H29N3O4/c1-3-28-21(26)20-10-13-24(17(20)2)12-9-19-15-25(14-11-23-19)22(27)29-16-18-7-5-4-6-8-18/h4-8,10,13,19,23H,3,9,11-12,14-16H2,1-2H3/t19-/m1/s1. The van der Waals surface area contributed by atoms with E-state index in [0.29, 0.717) is 25.3 Å². The number of amides is 1. The molecule has 1 aromatic carbocycles. The van der Waals surface area contributed by atoms with Crippen molar-refractivity contribution in [2.75, 3.05) is 26.2 Å². The normalized spacial score (nSPS) is 16.5. The SMILES string of the molecule is CCOC(=O)c1ccn(CC[C@@H]2CN(C(=O)OCc3ccccc3)CCN2)c1C. The van der Waals surface area contributed by atoms with E-state index < -0.39 is 0 Å². The first-order valence-corrected chi connectivity index (χ1v) is 10.1. The van der Waals surface area contributed by atoms with Crippen LogP contribution in [0.25, 0.3) is 0 Å². The molecule has 1 amide bonds. The predicted molar refractivity (Wildman–Crippen MR) is 110 cm³/mol. The van der Waals surface area contributed by atoms with Crippen molar-refractivity contribution in [3.05, 3.63) is 59.4 Å². The molecule has 2 heterocycles. The van der Waals surface area contributed by atoms with Crippen molar-refractivity contribution in [3.63, 3.8) is 0 Å². The van der Waals surface area contributed by atoms with Crippen LogP contribution in [-0.4, -0.2) is 53.8 Å². The van der Waals surface area contributed by atoms with Crippen molar-refractivity contribution in [2.24, 2.45) is 0 Å². The number of benzene rings is 1. The molecule has 1 fully saturated rings. The van der Waals surface area contributed by atoms with Gasteiger partial charge in [0.15, 0.2) is 0 Å². The zero-order valence-corrected chi connectivity index (χ0v) is 17.1. The van der Waals surface area contributed by atoms with Gasteiger partial charge >= 0.3 is 12.1 Å². The number of ether oxygens (including phenoxy) is 2. The fraction of sp³-hybridized carbons (Fsp3) is 0.455. The van der Waals surface area contributed by atoms with Gasteiger partial charge in [-0.05, 0) is 31.9 Å². The Morgan fingerprint density at radius 2 is 1.97 bits per heavy atom. The smallest absolute Gasteiger partial charge is 0.410 e. The molecule has 2 aromatic rings. The van der Waals surface area contributed by atoms with Crippen LogP contribution in [0.2, 0.25) is 0 Å². The fourth-order valence-electron chi connectivity index (χ4n) is 3.51. The molecule has 156 valence electrons. The van der Waals surface area contributed by atoms with Crippen LogP contribution < -0.4 is 5.32 Å². The summed E-state index contributed by atoms with van der Waals surface area (Å²) in [5, 5.41) is 3.46. The molecule has 3 rings (SSSR count). The molecule has 0 spiro atoms. The van der Waals surface area contributed by atoms with Gasteiger partial charge in [0.05, 0.1) is 12.2 Å². The molecule has 0 bridgehead atoms. The van der Waals surface area contributed by atoms with Gasteiger partial charge in [-0.2, -0.15) is 0 Å². The molecule has 1 N–H and O–H groups in total. The third-order valence-corrected chi connectivity index (χ3v) is 5.17. The van der Waals surface area contributed by atoms with Crippen molar-refractivity contribution in [2.45, 2.75) is 39.5 Å². The highest BCUT2D eigenvalue weighted by Crippen LogP contribution is 2.14. The summed E-state index contributed by atoms with van der Waals surface area (Å²) in [6.45, 7) is 7.13. The van der Waals surface area contributed by atoms with Gasteiger partial charge < -0.3 is 24.3 Å². The zero-order valence-electron chi connectivity index (χ0n) is 17.1. The van der Waals surface area contributed by atoms with E-state index in [9.17, 15) is 9.59 Å². The highest BCUT2D eigenvalue weighted by Gasteiger charge is 2.24. The summed E-state index contributed by atoms with van der Waals surface area (Å²) in [5.74, 6) is -0.285. The van der Waals surface area contributed by atoms with Gasteiger partial charge in [0.2, 0.25) is 0 Å². The summed E-state index contributed by atoms with van der Waals surface area (Å²) >= 11 is 0. The highest BCUT2D eigenvalue weighted by molar-refractivity contribution is 5.90. The number of aryl methyl sites for hydroxylation is 1. The first-order chi connectivity index (χ1) is 14.1. The first-order valence-electron chi connectivity index (χ1n) is 10.1. The number of esters is 1. The van der Waals surface area contributed by atoms with Crippen LogP contribution >= 0.6 is 0 Å². The van der Waals surface area contributed by atoms with Gasteiger partial charge in [0, 0.05) is 44.1 Å². The summed E-state index contributed by atoms with van der Waals surface area (Å²) in [4.78, 5) is 26.1. The minimum absolute atomic E-state index is 0.181. The zero-order chi connectivity index (χ0) is 20.6. The Bertz CT molecular complexity index is 819. The van der Waals surface area contributed by atoms with Crippen LogP contribution in [0.5, 0.6) is 0 Å². The molecule has 1 aliphatic rings. The van der Waals surface area contributed by atoms with Gasteiger partial charge in [-0.25, -0.2) is 9.59 Å². The molecule has 0 saturated carbocycles. The maximum Gasteiger partial charge on any atom is 0.410 e. The molecular weight excluding hydrogens is 370 g/mol. The van der Waals surface area contributed by atoms with E-state index in [1.54, 1.807) is 17.9 Å². The van der Waals surface area contributed by atoms with E-state index in [1.165, 1.54) is 0 Å². The minimum atomic E-state index is -0.285. The summed E-state index contributed by atoms with van der Waals surface area (Å²) in [6, 6.07) is 11.7. The Morgan fingerprint density at radius 1 is 1.17 bits per heavy atom. The van der Waals surface area contributed by atoms with E-state index in [4.69, 9.17) is 9.47 Å². The highest BCUT2D eigenvalue weighted by atomic mass is 16.6. The quantitative estimate of drug-likeness (QED) is 0.725. The number of carbonyl (C=O) groups is 2. The molecule has 0 aliphatic carbocycles. The van der Waals surface area contributed by atoms with E-state index in [-0.39, 0.29) is 24.7 Å². The number of hydrogen-bond acceptors (Lipinski definition) is 5. The third kappa shape index (κ3) is 5.60. The number of carbonyl (C=O) groups excluding carboxylic acids is 2. The van der Waals surface area contributed by atoms with E-state index in [2.05, 4.69) is 9.88 Å². The van der Waals surface area contributed by atoms with Crippen LogP contribution in [0.4, 0.5) is 4.79 Å². The second kappa shape index (κ2) is 10.1. The van der Waals surface area contributed by atoms with Gasteiger partial charge in [-0.15, -0.1) is 0 Å². The average Bonchev–Trinajstić information content (AvgIpc) is 3.12. The maximum atomic E-state index is 12.4. The molecule has 7 nitrogen and oxygen atoms in total. The summed E-state index contributed by atoms with van der Waals surface area (Å²) in [5.41, 5.74) is 2.49. The first kappa shape index (κ1) is 20.9. The van der Waals surface area contributed by atoms with Crippen molar-refractivity contribution < 1.29 is 19.1 Å². The lowest BCUT2D eigenvalue weighted by molar-refractivity contribution is 0.0525. The van der Waals surface area contributed by atoms with Crippen LogP contribution in [0.1, 0.15) is 35.0 Å². The molecule has 1 aromatic heterocycles. The summed E-state index contributed by atoms with van der Waals surface area (Å²) in [7, 11) is 0. The lowest BCUT2D eigenvalue weighted by Gasteiger charge is -2.33. The molecule has 0 radical (unpaired) electrons. The molecular formula is C22H29N3O4. The minimum Gasteiger partial charge on any atom is -0.462 e. The second-order valence-corrected chi connectivity index (χ2v) is 7.15. The fourth-order valence-corrected chi connectivity index (χ4v) is 3.51. The monoisotopic (exact) mass is 399 g/mol. The van der Waals surface area contributed by atoms with Crippen LogP contribution in [-0.2, 0) is 22.6 Å². The third-order valence-electron chi connectivity index (χ3n) is 5.17. The lowest BCUT2D eigenvalue weighted by atomic mass is 10.1. The number of piperazine rings is 1. The molecule has 7 heteroatoms. The molecule has 29 heavy (non-hydrogen) atoms. The van der Waals surface area contributed by atoms with E-state index in [0.717, 1.165) is 30.8 Å². The Kier molecular flexibility index (Phi) is 7.30. The van der Waals surface area contributed by atoms with Crippen LogP contribution in [0, 0.1) is 6.92 Å². The Hall–Kier alpha value is -2.80. The number of hydrogen-bond donors (Lipinski definition) is 1. The Morgan fingerprint density at radius 3 is 2.72 bits per heavy atom. The van der Waals surface area contributed by atoms with E-state index >= 15 is 0 Å². The number of aromatic nitrogens is 1. The molecule has 1 saturated heterocycles. The largest absolute Gasteiger partial charge is 0.462 e. The van der Waals surface area contributed by atoms with Gasteiger partial charge in [-0.3, -0.25) is 0 Å². The van der Waals surface area contributed by atoms with Gasteiger partial charge in [-0.1, -0.05) is 30.3 Å². The average molecular weight is 399 g/mol. The predicted octanol–water partition coefficient (Wildman–Crippen LogP) is 2.97. The van der Waals surface area contributed by atoms with Crippen molar-refractivity contribution in [1.29, 1.82) is 0 Å². The maximum absolute atomic E-state index is 12.4. The molecule has 1 aliphatic heterocycles. The van der Waals surface area contributed by atoms with Crippen molar-refractivity contribution in [3.8, 4) is 0 Å². The van der Waals surface area contributed by atoms with E-state index in [1.807, 2.05) is 43.5 Å². The Balaban J connectivity index is 1.48. The lowest BCUT2D eigenvalue weighted by Crippen LogP contribution is -2.52. The van der Waals surface area contributed by atoms with Crippen LogP contribution in [0.3, 0.4) is 0 Å². The van der Waals surface area contributed by atoms with Crippen molar-refractivity contribution >= 4 is 12.1 Å². The Labute approximate surface area is 171 Å². The number of rotatable bonds is 7. The second-order valence-electron chi connectivity index (χ2n) is 7.15. The summed E-state index contributed by atoms with van der Waals surface area (Å²) < 4.78 is 12.6. The van der Waals surface area contributed by atoms with Gasteiger partial charge in [0.1, 0.15) is 6.61 Å². The number of nitrogens with zero attached hydrogens (tertiary/aromatic N) is 2. The topological polar surface area (TPSA) is 72.8 Å². The van der Waals surface area contributed by atoms with Crippen molar-refractivity contribution in [1.82, 2.24) is 14.8 Å². The summed E-state index contributed by atoms with van der Waals surface area (Å²) in [6.07, 6.45) is 2.48. The molecule has 0 unspecified atom stereocenters. The number of nitrogens with one attached hydrogen (secondary N) is 1.